The normalized spacial score (nSPS) is 11.8. The number of halogens is 2. The minimum Gasteiger partial charge on any atom is -0.483 e. The Morgan fingerprint density at radius 1 is 0.923 bits per heavy atom. The van der Waals surface area contributed by atoms with Crippen molar-refractivity contribution < 1.29 is 18.7 Å². The number of ether oxygens (including phenoxy) is 1. The van der Waals surface area contributed by atoms with Gasteiger partial charge >= 0.3 is 0 Å². The molecule has 0 aromatic heterocycles. The van der Waals surface area contributed by atoms with Crippen LogP contribution in [0.3, 0.4) is 0 Å². The second-order valence-electron chi connectivity index (χ2n) is 9.85. The second-order valence-corrected chi connectivity index (χ2v) is 10.6. The van der Waals surface area contributed by atoms with E-state index >= 15 is 0 Å². The largest absolute Gasteiger partial charge is 0.483 e. The summed E-state index contributed by atoms with van der Waals surface area (Å²) in [6.07, 6.45) is 0.282. The fourth-order valence-corrected chi connectivity index (χ4v) is 4.94. The van der Waals surface area contributed by atoms with Gasteiger partial charge in [-0.05, 0) is 50.3 Å². The second kappa shape index (κ2) is 13.4. The van der Waals surface area contributed by atoms with Gasteiger partial charge in [0.25, 0.3) is 5.91 Å². The highest BCUT2D eigenvalue weighted by atomic mass is 79.9. The van der Waals surface area contributed by atoms with Crippen LogP contribution in [0, 0.1) is 11.7 Å². The number of carbonyl (C=O) groups is 2. The molecule has 0 aliphatic carbocycles. The number of nitrogens with zero attached hydrogens (tertiary/aromatic N) is 1. The molecule has 1 N–H and O–H groups in total. The average molecular weight is 592 g/mol. The molecular formula is C32H32BrFN2O3. The molecule has 1 atom stereocenters. The molecule has 0 saturated heterocycles. The molecule has 1 unspecified atom stereocenters. The summed E-state index contributed by atoms with van der Waals surface area (Å²) in [6.45, 7) is 4.09. The van der Waals surface area contributed by atoms with Gasteiger partial charge in [-0.3, -0.25) is 9.59 Å². The molecule has 0 aliphatic rings. The summed E-state index contributed by atoms with van der Waals surface area (Å²) < 4.78 is 21.4. The Kier molecular flexibility index (Phi) is 9.71. The highest BCUT2D eigenvalue weighted by Crippen LogP contribution is 2.33. The number of rotatable bonds is 11. The summed E-state index contributed by atoms with van der Waals surface area (Å²) in [5.41, 5.74) is 1.22. The first-order valence-corrected chi connectivity index (χ1v) is 13.8. The molecule has 0 radical (unpaired) electrons. The van der Waals surface area contributed by atoms with Crippen LogP contribution in [0.4, 0.5) is 4.39 Å². The average Bonchev–Trinajstić information content (AvgIpc) is 2.94. The molecule has 0 saturated carbocycles. The zero-order chi connectivity index (χ0) is 27.8. The summed E-state index contributed by atoms with van der Waals surface area (Å²) in [4.78, 5) is 28.7. The maximum absolute atomic E-state index is 14.7. The fraction of sp³-hybridized carbons (Fsp3) is 0.250. The molecule has 0 spiro atoms. The van der Waals surface area contributed by atoms with Crippen LogP contribution in [0.1, 0.15) is 25.0 Å². The standard InChI is InChI=1S/C32H32BrFN2O3/c1-22(2)19-35-32(38)28(18-23-10-4-3-5-11-23)36(20-25-13-7-9-15-27(25)34)30(37)21-39-29-17-16-24-12-6-8-14-26(24)31(29)33/h3-17,22,28H,18-21H2,1-2H3,(H,35,38). The van der Waals surface area contributed by atoms with Gasteiger partial charge in [0.1, 0.15) is 17.6 Å². The number of nitrogens with one attached hydrogen (secondary N) is 1. The first kappa shape index (κ1) is 28.3. The number of carbonyl (C=O) groups excluding carboxylic acids is 2. The molecule has 2 amide bonds. The smallest absolute Gasteiger partial charge is 0.261 e. The Morgan fingerprint density at radius 2 is 1.62 bits per heavy atom. The van der Waals surface area contributed by atoms with Crippen LogP contribution in [0.5, 0.6) is 5.75 Å². The third-order valence-electron chi connectivity index (χ3n) is 6.43. The number of fused-ring (bicyclic) bond motifs is 1. The van der Waals surface area contributed by atoms with E-state index in [1.165, 1.54) is 11.0 Å². The van der Waals surface area contributed by atoms with Gasteiger partial charge in [0.05, 0.1) is 4.47 Å². The summed E-state index contributed by atoms with van der Waals surface area (Å²) >= 11 is 3.60. The highest BCUT2D eigenvalue weighted by Gasteiger charge is 2.31. The van der Waals surface area contributed by atoms with E-state index in [1.54, 1.807) is 24.3 Å². The third kappa shape index (κ3) is 7.45. The van der Waals surface area contributed by atoms with Crippen LogP contribution < -0.4 is 10.1 Å². The van der Waals surface area contributed by atoms with Gasteiger partial charge in [0.2, 0.25) is 5.91 Å². The van der Waals surface area contributed by atoms with Gasteiger partial charge in [-0.1, -0.05) is 92.7 Å². The van der Waals surface area contributed by atoms with E-state index < -0.39 is 17.8 Å². The molecule has 4 rings (SSSR count). The predicted octanol–water partition coefficient (Wildman–Crippen LogP) is 6.53. The van der Waals surface area contributed by atoms with Crippen molar-refractivity contribution in [2.24, 2.45) is 5.92 Å². The van der Waals surface area contributed by atoms with Crippen molar-refractivity contribution in [2.45, 2.75) is 32.9 Å². The number of benzene rings is 4. The lowest BCUT2D eigenvalue weighted by molar-refractivity contribution is -0.142. The molecule has 7 heteroatoms. The van der Waals surface area contributed by atoms with E-state index in [1.807, 2.05) is 74.5 Å². The van der Waals surface area contributed by atoms with Crippen LogP contribution in [0.2, 0.25) is 0 Å². The maximum Gasteiger partial charge on any atom is 0.261 e. The topological polar surface area (TPSA) is 58.6 Å². The van der Waals surface area contributed by atoms with E-state index in [-0.39, 0.29) is 31.4 Å². The lowest BCUT2D eigenvalue weighted by Crippen LogP contribution is -2.52. The minimum absolute atomic E-state index is 0.0691. The Morgan fingerprint density at radius 3 is 2.36 bits per heavy atom. The predicted molar refractivity (Wildman–Crippen MR) is 156 cm³/mol. The van der Waals surface area contributed by atoms with Crippen LogP contribution >= 0.6 is 15.9 Å². The lowest BCUT2D eigenvalue weighted by Gasteiger charge is -2.32. The van der Waals surface area contributed by atoms with Crippen LogP contribution in [0.25, 0.3) is 10.8 Å². The minimum atomic E-state index is -0.859. The summed E-state index contributed by atoms with van der Waals surface area (Å²) in [5.74, 6) is -0.398. The van der Waals surface area contributed by atoms with Crippen LogP contribution in [0.15, 0.2) is 95.5 Å². The third-order valence-corrected chi connectivity index (χ3v) is 7.25. The number of hydrogen-bond acceptors (Lipinski definition) is 3. The van der Waals surface area contributed by atoms with Gasteiger partial charge in [-0.25, -0.2) is 4.39 Å². The molecule has 0 aliphatic heterocycles. The lowest BCUT2D eigenvalue weighted by atomic mass is 10.0. The summed E-state index contributed by atoms with van der Waals surface area (Å²) in [5, 5.41) is 4.96. The summed E-state index contributed by atoms with van der Waals surface area (Å²) in [7, 11) is 0. The molecular weight excluding hydrogens is 559 g/mol. The van der Waals surface area contributed by atoms with Gasteiger partial charge in [0.15, 0.2) is 6.61 Å². The molecule has 4 aromatic carbocycles. The zero-order valence-corrected chi connectivity index (χ0v) is 23.7. The van der Waals surface area contributed by atoms with E-state index in [2.05, 4.69) is 21.2 Å². The Bertz CT molecular complexity index is 1430. The number of amides is 2. The molecule has 0 heterocycles. The Balaban J connectivity index is 1.64. The van der Waals surface area contributed by atoms with E-state index in [0.29, 0.717) is 17.9 Å². The van der Waals surface area contributed by atoms with Crippen LogP contribution in [-0.2, 0) is 22.6 Å². The van der Waals surface area contributed by atoms with Gasteiger partial charge in [-0.2, -0.15) is 0 Å². The maximum atomic E-state index is 14.7. The molecule has 0 bridgehead atoms. The first-order chi connectivity index (χ1) is 18.8. The molecule has 39 heavy (non-hydrogen) atoms. The van der Waals surface area contributed by atoms with Crippen LogP contribution in [-0.4, -0.2) is 35.9 Å². The van der Waals surface area contributed by atoms with Crippen molar-refractivity contribution in [1.29, 1.82) is 0 Å². The Labute approximate surface area is 237 Å². The Hall–Kier alpha value is -3.71. The van der Waals surface area contributed by atoms with E-state index in [0.717, 1.165) is 20.8 Å². The van der Waals surface area contributed by atoms with Crippen molar-refractivity contribution in [2.75, 3.05) is 13.2 Å². The van der Waals surface area contributed by atoms with Crippen molar-refractivity contribution in [3.63, 3.8) is 0 Å². The highest BCUT2D eigenvalue weighted by molar-refractivity contribution is 9.10. The van der Waals surface area contributed by atoms with E-state index in [9.17, 15) is 14.0 Å². The van der Waals surface area contributed by atoms with Crippen molar-refractivity contribution in [3.05, 3.63) is 112 Å². The monoisotopic (exact) mass is 590 g/mol. The first-order valence-electron chi connectivity index (χ1n) is 13.0. The van der Waals surface area contributed by atoms with Gasteiger partial charge in [0, 0.05) is 25.1 Å². The van der Waals surface area contributed by atoms with E-state index in [4.69, 9.17) is 4.74 Å². The SMILES string of the molecule is CC(C)CNC(=O)C(Cc1ccccc1)N(Cc1ccccc1F)C(=O)COc1ccc2ccccc2c1Br. The fourth-order valence-electron chi connectivity index (χ4n) is 4.33. The van der Waals surface area contributed by atoms with Crippen molar-refractivity contribution in [3.8, 4) is 5.75 Å². The van der Waals surface area contributed by atoms with Crippen molar-refractivity contribution >= 4 is 38.5 Å². The number of hydrogen-bond donors (Lipinski definition) is 1. The van der Waals surface area contributed by atoms with Gasteiger partial charge < -0.3 is 15.0 Å². The molecule has 0 fully saturated rings. The molecule has 5 nitrogen and oxygen atoms in total. The molecule has 4 aromatic rings. The van der Waals surface area contributed by atoms with Gasteiger partial charge in [-0.15, -0.1) is 0 Å². The zero-order valence-electron chi connectivity index (χ0n) is 22.1. The molecule has 202 valence electrons. The summed E-state index contributed by atoms with van der Waals surface area (Å²) in [6, 6.07) is 26.5. The quantitative estimate of drug-likeness (QED) is 0.216. The van der Waals surface area contributed by atoms with Crippen molar-refractivity contribution in [1.82, 2.24) is 10.2 Å².